The van der Waals surface area contributed by atoms with Gasteiger partial charge in [0.05, 0.1) is 76.9 Å². The van der Waals surface area contributed by atoms with Crippen molar-refractivity contribution >= 4 is 23.5 Å². The van der Waals surface area contributed by atoms with E-state index >= 15 is 0 Å². The van der Waals surface area contributed by atoms with E-state index in [1.165, 1.54) is 0 Å². The van der Waals surface area contributed by atoms with Crippen LogP contribution in [-0.4, -0.2) is 91.2 Å². The first-order valence-corrected chi connectivity index (χ1v) is 14.0. The maximum absolute atomic E-state index is 6.13. The lowest BCUT2D eigenvalue weighted by Gasteiger charge is -2.31. The Bertz CT molecular complexity index is 970. The minimum Gasteiger partial charge on any atom is -0.496 e. The molecular weight excluding hydrogens is 520 g/mol. The van der Waals surface area contributed by atoms with Crippen LogP contribution in [0.15, 0.2) is 34.1 Å². The quantitative estimate of drug-likeness (QED) is 0.540. The van der Waals surface area contributed by atoms with Gasteiger partial charge in [0.2, 0.25) is 0 Å². The van der Waals surface area contributed by atoms with E-state index in [4.69, 9.17) is 42.6 Å². The van der Waals surface area contributed by atoms with Gasteiger partial charge in [-0.15, -0.1) is 0 Å². The molecule has 0 amide bonds. The van der Waals surface area contributed by atoms with Crippen LogP contribution in [0.25, 0.3) is 11.1 Å². The zero-order valence-electron chi connectivity index (χ0n) is 21.0. The molecule has 4 bridgehead atoms. The second kappa shape index (κ2) is 13.3. The van der Waals surface area contributed by atoms with Gasteiger partial charge in [0.15, 0.2) is 0 Å². The molecular formula is C26H32O9S2. The lowest BCUT2D eigenvalue weighted by atomic mass is 10.0. The average Bonchev–Trinajstić information content (AvgIpc) is 2.93. The SMILES string of the molecule is COc1ccc2c3c1-c1c(OC)ccc4c1SC(CO4)OCCOCCOCCOCCOC(CO2)S3. The molecule has 0 saturated carbocycles. The van der Waals surface area contributed by atoms with Gasteiger partial charge in [-0.3, -0.25) is 0 Å². The summed E-state index contributed by atoms with van der Waals surface area (Å²) < 4.78 is 53.0. The molecule has 2 atom stereocenters. The van der Waals surface area contributed by atoms with Crippen LogP contribution in [0.3, 0.4) is 0 Å². The number of thioether (sulfide) groups is 2. The summed E-state index contributed by atoms with van der Waals surface area (Å²) >= 11 is 3.22. The van der Waals surface area contributed by atoms with Gasteiger partial charge in [0.25, 0.3) is 0 Å². The highest BCUT2D eigenvalue weighted by Crippen LogP contribution is 2.55. The Labute approximate surface area is 225 Å². The van der Waals surface area contributed by atoms with Gasteiger partial charge in [0, 0.05) is 11.1 Å². The predicted molar refractivity (Wildman–Crippen MR) is 140 cm³/mol. The molecule has 3 heterocycles. The van der Waals surface area contributed by atoms with Crippen molar-refractivity contribution in [3.05, 3.63) is 24.3 Å². The maximum atomic E-state index is 6.13. The molecule has 3 aliphatic rings. The van der Waals surface area contributed by atoms with E-state index in [2.05, 4.69) is 0 Å². The lowest BCUT2D eigenvalue weighted by molar-refractivity contribution is -0.0203. The topological polar surface area (TPSA) is 83.1 Å². The molecule has 2 unspecified atom stereocenters. The Morgan fingerprint density at radius 2 is 1.00 bits per heavy atom. The Balaban J connectivity index is 1.51. The standard InChI is InChI=1S/C26H32O9S2/c1-27-17-3-5-19-25-23(17)24-18(28-2)4-6-20-26(24)37-22(16-35-20)33-14-12-31-10-8-29-7-9-30-11-13-32-21(36-25)15-34-19/h3-6,21-22H,7-16H2,1-2H3. The van der Waals surface area contributed by atoms with E-state index in [1.54, 1.807) is 37.7 Å². The average molecular weight is 553 g/mol. The van der Waals surface area contributed by atoms with Crippen molar-refractivity contribution in [1.29, 1.82) is 0 Å². The molecule has 11 heteroatoms. The minimum atomic E-state index is -0.199. The van der Waals surface area contributed by atoms with Crippen molar-refractivity contribution in [3.63, 3.8) is 0 Å². The van der Waals surface area contributed by atoms with Gasteiger partial charge in [-0.05, 0) is 24.3 Å². The molecule has 5 rings (SSSR count). The van der Waals surface area contributed by atoms with Gasteiger partial charge in [0.1, 0.15) is 47.1 Å². The highest BCUT2D eigenvalue weighted by molar-refractivity contribution is 8.00. The first-order valence-electron chi connectivity index (χ1n) is 12.3. The predicted octanol–water partition coefficient (Wildman–Crippen LogP) is 4.09. The van der Waals surface area contributed by atoms with Crippen LogP contribution in [-0.2, 0) is 23.7 Å². The van der Waals surface area contributed by atoms with Crippen molar-refractivity contribution < 1.29 is 42.6 Å². The fourth-order valence-corrected chi connectivity index (χ4v) is 6.45. The summed E-state index contributed by atoms with van der Waals surface area (Å²) in [5, 5.41) is 0. The largest absolute Gasteiger partial charge is 0.496 e. The number of fused-ring (bicyclic) bond motifs is 3. The van der Waals surface area contributed by atoms with Gasteiger partial charge in [-0.25, -0.2) is 0 Å². The van der Waals surface area contributed by atoms with Crippen LogP contribution < -0.4 is 18.9 Å². The molecule has 0 fully saturated rings. The molecule has 0 saturated heterocycles. The van der Waals surface area contributed by atoms with E-state index in [0.717, 1.165) is 32.4 Å². The fourth-order valence-electron chi connectivity index (χ4n) is 4.20. The normalized spacial score (nSPS) is 23.1. The fraction of sp³-hybridized carbons (Fsp3) is 0.538. The lowest BCUT2D eigenvalue weighted by Crippen LogP contribution is -2.25. The summed E-state index contributed by atoms with van der Waals surface area (Å²) in [6.45, 7) is 4.74. The van der Waals surface area contributed by atoms with Crippen LogP contribution in [0.5, 0.6) is 23.0 Å². The number of benzene rings is 2. The summed E-state index contributed by atoms with van der Waals surface area (Å²) in [5.74, 6) is 2.97. The maximum Gasteiger partial charge on any atom is 0.141 e. The van der Waals surface area contributed by atoms with E-state index < -0.39 is 0 Å². The molecule has 9 nitrogen and oxygen atoms in total. The smallest absolute Gasteiger partial charge is 0.141 e. The van der Waals surface area contributed by atoms with Crippen LogP contribution >= 0.6 is 23.5 Å². The van der Waals surface area contributed by atoms with E-state index in [9.17, 15) is 0 Å². The summed E-state index contributed by atoms with van der Waals surface area (Å²) in [4.78, 5) is 1.86. The Hall–Kier alpha value is -1.86. The summed E-state index contributed by atoms with van der Waals surface area (Å²) in [7, 11) is 3.33. The monoisotopic (exact) mass is 552 g/mol. The molecule has 0 aliphatic carbocycles. The minimum absolute atomic E-state index is 0.199. The molecule has 2 aromatic carbocycles. The van der Waals surface area contributed by atoms with Gasteiger partial charge in [-0.2, -0.15) is 0 Å². The molecule has 2 aromatic rings. The molecule has 37 heavy (non-hydrogen) atoms. The van der Waals surface area contributed by atoms with Gasteiger partial charge >= 0.3 is 0 Å². The Morgan fingerprint density at radius 3 is 1.41 bits per heavy atom. The van der Waals surface area contributed by atoms with E-state index in [0.29, 0.717) is 77.6 Å². The van der Waals surface area contributed by atoms with Crippen LogP contribution in [0.4, 0.5) is 0 Å². The van der Waals surface area contributed by atoms with Gasteiger partial charge < -0.3 is 42.6 Å². The highest BCUT2D eigenvalue weighted by atomic mass is 32.2. The molecule has 0 aromatic heterocycles. The first-order chi connectivity index (χ1) is 18.3. The Kier molecular flexibility index (Phi) is 9.59. The number of methoxy groups -OCH3 is 2. The van der Waals surface area contributed by atoms with Crippen molar-refractivity contribution in [2.75, 3.05) is 80.3 Å². The third-order valence-electron chi connectivity index (χ3n) is 5.91. The zero-order chi connectivity index (χ0) is 25.5. The second-order valence-electron chi connectivity index (χ2n) is 8.24. The van der Waals surface area contributed by atoms with Crippen molar-refractivity contribution in [1.82, 2.24) is 0 Å². The molecule has 0 radical (unpaired) electrons. The van der Waals surface area contributed by atoms with Crippen molar-refractivity contribution in [2.45, 2.75) is 20.7 Å². The Morgan fingerprint density at radius 1 is 0.595 bits per heavy atom. The third-order valence-corrected chi connectivity index (χ3v) is 8.26. The number of rotatable bonds is 2. The summed E-state index contributed by atoms with van der Waals surface area (Å²) in [6.07, 6.45) is 0. The van der Waals surface area contributed by atoms with Crippen LogP contribution in [0.2, 0.25) is 0 Å². The van der Waals surface area contributed by atoms with E-state index in [-0.39, 0.29) is 10.9 Å². The zero-order valence-corrected chi connectivity index (χ0v) is 22.7. The van der Waals surface area contributed by atoms with E-state index in [1.807, 2.05) is 24.3 Å². The van der Waals surface area contributed by atoms with Crippen LogP contribution in [0.1, 0.15) is 0 Å². The number of ether oxygens (including phenoxy) is 9. The van der Waals surface area contributed by atoms with Gasteiger partial charge in [-0.1, -0.05) is 23.5 Å². The molecule has 0 spiro atoms. The summed E-state index contributed by atoms with van der Waals surface area (Å²) in [6, 6.07) is 7.71. The third kappa shape index (κ3) is 6.42. The van der Waals surface area contributed by atoms with Crippen molar-refractivity contribution in [2.24, 2.45) is 0 Å². The molecule has 0 N–H and O–H groups in total. The van der Waals surface area contributed by atoms with Crippen LogP contribution in [0, 0.1) is 0 Å². The molecule has 202 valence electrons. The second-order valence-corrected chi connectivity index (χ2v) is 10.6. The number of hydrogen-bond acceptors (Lipinski definition) is 11. The molecule has 3 aliphatic heterocycles. The number of hydrogen-bond donors (Lipinski definition) is 0. The summed E-state index contributed by atoms with van der Waals surface area (Å²) in [5.41, 5.74) is 1.36. The first kappa shape index (κ1) is 26.7. The highest BCUT2D eigenvalue weighted by Gasteiger charge is 2.33. The van der Waals surface area contributed by atoms with Crippen molar-refractivity contribution in [3.8, 4) is 34.1 Å².